The molecular weight excluding hydrogens is 236 g/mol. The van der Waals surface area contributed by atoms with E-state index in [0.29, 0.717) is 25.7 Å². The Labute approximate surface area is 107 Å². The van der Waals surface area contributed by atoms with Crippen LogP contribution in [-0.2, 0) is 19.1 Å². The molecule has 0 spiro atoms. The standard InChI is InChI=1S/C13H20O5/c1-4-13(12(16)17-8-14)6-5-11(9(2)7-13)18-10(3)15/h11,14H,2,4-8H2,1,3H3. The lowest BCUT2D eigenvalue weighted by Gasteiger charge is -2.38. The average Bonchev–Trinajstić information content (AvgIpc) is 2.31. The van der Waals surface area contributed by atoms with Gasteiger partial charge in [0.1, 0.15) is 6.10 Å². The lowest BCUT2D eigenvalue weighted by molar-refractivity contribution is -0.167. The Kier molecular flexibility index (Phi) is 4.90. The van der Waals surface area contributed by atoms with Crippen molar-refractivity contribution in [2.45, 2.75) is 45.6 Å². The van der Waals surface area contributed by atoms with Gasteiger partial charge >= 0.3 is 11.9 Å². The van der Waals surface area contributed by atoms with Gasteiger partial charge in [-0.15, -0.1) is 0 Å². The maximum Gasteiger partial charge on any atom is 0.314 e. The van der Waals surface area contributed by atoms with Crippen molar-refractivity contribution in [3.63, 3.8) is 0 Å². The molecule has 1 fully saturated rings. The summed E-state index contributed by atoms with van der Waals surface area (Å²) in [5, 5.41) is 8.68. The fraction of sp³-hybridized carbons (Fsp3) is 0.692. The second-order valence-corrected chi connectivity index (χ2v) is 4.67. The highest BCUT2D eigenvalue weighted by Gasteiger charge is 2.44. The van der Waals surface area contributed by atoms with E-state index in [4.69, 9.17) is 14.6 Å². The molecule has 102 valence electrons. The van der Waals surface area contributed by atoms with Gasteiger partial charge in [-0.25, -0.2) is 0 Å². The summed E-state index contributed by atoms with van der Waals surface area (Å²) in [6.07, 6.45) is 1.85. The molecule has 0 heterocycles. The van der Waals surface area contributed by atoms with Gasteiger partial charge in [-0.05, 0) is 31.3 Å². The normalized spacial score (nSPS) is 27.7. The van der Waals surface area contributed by atoms with Crippen LogP contribution in [0.25, 0.3) is 0 Å². The predicted octanol–water partition coefficient (Wildman–Crippen LogP) is 1.55. The molecule has 1 saturated carbocycles. The molecule has 0 bridgehead atoms. The summed E-state index contributed by atoms with van der Waals surface area (Å²) < 4.78 is 9.85. The Hall–Kier alpha value is -1.36. The second-order valence-electron chi connectivity index (χ2n) is 4.67. The van der Waals surface area contributed by atoms with Crippen molar-refractivity contribution in [3.8, 4) is 0 Å². The first-order valence-electron chi connectivity index (χ1n) is 6.08. The summed E-state index contributed by atoms with van der Waals surface area (Å²) in [7, 11) is 0. The molecular formula is C13H20O5. The molecule has 1 rings (SSSR count). The molecule has 0 aromatic heterocycles. The third-order valence-electron chi connectivity index (χ3n) is 3.52. The first kappa shape index (κ1) is 14.7. The second kappa shape index (κ2) is 6.00. The van der Waals surface area contributed by atoms with Crippen LogP contribution in [0.1, 0.15) is 39.5 Å². The Morgan fingerprint density at radius 1 is 1.56 bits per heavy atom. The zero-order valence-corrected chi connectivity index (χ0v) is 10.9. The van der Waals surface area contributed by atoms with Gasteiger partial charge in [0.25, 0.3) is 0 Å². The third kappa shape index (κ3) is 3.10. The Balaban J connectivity index is 2.75. The molecule has 2 atom stereocenters. The van der Waals surface area contributed by atoms with Crippen molar-refractivity contribution in [2.24, 2.45) is 5.41 Å². The van der Waals surface area contributed by atoms with E-state index in [9.17, 15) is 9.59 Å². The van der Waals surface area contributed by atoms with E-state index >= 15 is 0 Å². The van der Waals surface area contributed by atoms with Gasteiger partial charge in [0.2, 0.25) is 0 Å². The molecule has 0 aromatic carbocycles. The van der Waals surface area contributed by atoms with E-state index in [1.54, 1.807) is 0 Å². The summed E-state index contributed by atoms with van der Waals surface area (Å²) in [5.74, 6) is -0.752. The number of aliphatic hydroxyl groups is 1. The van der Waals surface area contributed by atoms with Gasteiger partial charge in [-0.1, -0.05) is 13.5 Å². The maximum absolute atomic E-state index is 11.9. The Bertz CT molecular complexity index is 349. The van der Waals surface area contributed by atoms with Crippen molar-refractivity contribution in [3.05, 3.63) is 12.2 Å². The fourth-order valence-corrected chi connectivity index (χ4v) is 2.42. The molecule has 2 unspecified atom stereocenters. The van der Waals surface area contributed by atoms with E-state index in [1.165, 1.54) is 6.92 Å². The number of esters is 2. The van der Waals surface area contributed by atoms with E-state index in [-0.39, 0.29) is 12.1 Å². The van der Waals surface area contributed by atoms with Crippen LogP contribution in [-0.4, -0.2) is 29.9 Å². The van der Waals surface area contributed by atoms with E-state index in [2.05, 4.69) is 6.58 Å². The predicted molar refractivity (Wildman–Crippen MR) is 64.4 cm³/mol. The van der Waals surface area contributed by atoms with Crippen LogP contribution in [0.3, 0.4) is 0 Å². The zero-order valence-electron chi connectivity index (χ0n) is 10.9. The highest BCUT2D eigenvalue weighted by molar-refractivity contribution is 5.77. The van der Waals surface area contributed by atoms with E-state index < -0.39 is 18.2 Å². The molecule has 0 amide bonds. The first-order valence-corrected chi connectivity index (χ1v) is 6.08. The third-order valence-corrected chi connectivity index (χ3v) is 3.52. The minimum atomic E-state index is -0.642. The van der Waals surface area contributed by atoms with Crippen molar-refractivity contribution in [2.75, 3.05) is 6.79 Å². The topological polar surface area (TPSA) is 72.8 Å². The molecule has 0 saturated heterocycles. The maximum atomic E-state index is 11.9. The number of hydrogen-bond donors (Lipinski definition) is 1. The zero-order chi connectivity index (χ0) is 13.8. The highest BCUT2D eigenvalue weighted by atomic mass is 16.6. The van der Waals surface area contributed by atoms with Crippen LogP contribution >= 0.6 is 0 Å². The molecule has 1 N–H and O–H groups in total. The number of rotatable bonds is 4. The molecule has 0 aromatic rings. The van der Waals surface area contributed by atoms with E-state index in [1.807, 2.05) is 6.92 Å². The van der Waals surface area contributed by atoms with Gasteiger partial charge in [-0.2, -0.15) is 0 Å². The van der Waals surface area contributed by atoms with Crippen molar-refractivity contribution in [1.82, 2.24) is 0 Å². The molecule has 5 heteroatoms. The van der Waals surface area contributed by atoms with Gasteiger partial charge in [0.15, 0.2) is 6.79 Å². The fourth-order valence-electron chi connectivity index (χ4n) is 2.42. The van der Waals surface area contributed by atoms with Crippen molar-refractivity contribution in [1.29, 1.82) is 0 Å². The lowest BCUT2D eigenvalue weighted by atomic mass is 9.69. The summed E-state index contributed by atoms with van der Waals surface area (Å²) in [4.78, 5) is 22.8. The Morgan fingerprint density at radius 2 is 2.22 bits per heavy atom. The minimum absolute atomic E-state index is 0.316. The van der Waals surface area contributed by atoms with Crippen LogP contribution in [0.4, 0.5) is 0 Å². The van der Waals surface area contributed by atoms with Crippen LogP contribution in [0, 0.1) is 5.41 Å². The van der Waals surface area contributed by atoms with Crippen LogP contribution in [0.15, 0.2) is 12.2 Å². The summed E-state index contributed by atoms with van der Waals surface area (Å²) in [6, 6.07) is 0. The first-order chi connectivity index (χ1) is 8.45. The minimum Gasteiger partial charge on any atom is -0.458 e. The number of carbonyl (C=O) groups is 2. The van der Waals surface area contributed by atoms with Gasteiger partial charge in [-0.3, -0.25) is 9.59 Å². The molecule has 18 heavy (non-hydrogen) atoms. The average molecular weight is 256 g/mol. The lowest BCUT2D eigenvalue weighted by Crippen LogP contribution is -2.40. The quantitative estimate of drug-likeness (QED) is 0.469. The van der Waals surface area contributed by atoms with Gasteiger partial charge in [0.05, 0.1) is 5.41 Å². The molecule has 1 aliphatic rings. The summed E-state index contributed by atoms with van der Waals surface area (Å²) in [5.41, 5.74) is 0.0874. The largest absolute Gasteiger partial charge is 0.458 e. The number of carbonyl (C=O) groups excluding carboxylic acids is 2. The van der Waals surface area contributed by atoms with Crippen LogP contribution in [0.5, 0.6) is 0 Å². The molecule has 0 aliphatic heterocycles. The molecule has 1 aliphatic carbocycles. The molecule has 0 radical (unpaired) electrons. The van der Waals surface area contributed by atoms with Gasteiger partial charge in [0, 0.05) is 6.92 Å². The molecule has 5 nitrogen and oxygen atoms in total. The number of aliphatic hydroxyl groups excluding tert-OH is 1. The van der Waals surface area contributed by atoms with E-state index in [0.717, 1.165) is 5.57 Å². The Morgan fingerprint density at radius 3 is 2.67 bits per heavy atom. The van der Waals surface area contributed by atoms with Crippen LogP contribution in [0.2, 0.25) is 0 Å². The highest BCUT2D eigenvalue weighted by Crippen LogP contribution is 2.43. The smallest absolute Gasteiger partial charge is 0.314 e. The number of ether oxygens (including phenoxy) is 2. The van der Waals surface area contributed by atoms with Crippen LogP contribution < -0.4 is 0 Å². The summed E-state index contributed by atoms with van der Waals surface area (Å²) in [6.45, 7) is 6.53. The van der Waals surface area contributed by atoms with Crippen molar-refractivity contribution >= 4 is 11.9 Å². The summed E-state index contributed by atoms with van der Waals surface area (Å²) >= 11 is 0. The van der Waals surface area contributed by atoms with Crippen molar-refractivity contribution < 1.29 is 24.2 Å². The SMILES string of the molecule is C=C1CC(CC)(C(=O)OCO)CCC1OC(C)=O. The van der Waals surface area contributed by atoms with Gasteiger partial charge < -0.3 is 14.6 Å². The monoisotopic (exact) mass is 256 g/mol. The number of hydrogen-bond acceptors (Lipinski definition) is 5.